The zero-order valence-corrected chi connectivity index (χ0v) is 13.7. The molecule has 2 rings (SSSR count). The number of nitrogens with two attached hydrogens (primary N) is 1. The maximum absolute atomic E-state index is 12.5. The lowest BCUT2D eigenvalue weighted by molar-refractivity contribution is 0.413. The van der Waals surface area contributed by atoms with Crippen LogP contribution in [0.4, 0.5) is 0 Å². The van der Waals surface area contributed by atoms with Crippen molar-refractivity contribution in [2.75, 3.05) is 20.2 Å². The summed E-state index contributed by atoms with van der Waals surface area (Å²) >= 11 is 0. The summed E-state index contributed by atoms with van der Waals surface area (Å²) in [6, 6.07) is 4.99. The first-order chi connectivity index (χ1) is 9.80. The summed E-state index contributed by atoms with van der Waals surface area (Å²) in [7, 11) is -1.95. The van der Waals surface area contributed by atoms with Crippen LogP contribution in [0.3, 0.4) is 0 Å². The van der Waals surface area contributed by atoms with Crippen molar-refractivity contribution in [3.8, 4) is 5.75 Å². The van der Waals surface area contributed by atoms with Crippen molar-refractivity contribution in [3.05, 3.63) is 23.8 Å². The molecule has 3 N–H and O–H groups in total. The molecule has 1 fully saturated rings. The van der Waals surface area contributed by atoms with Crippen molar-refractivity contribution in [3.63, 3.8) is 0 Å². The summed E-state index contributed by atoms with van der Waals surface area (Å²) in [6.07, 6.45) is 1.57. The first-order valence-corrected chi connectivity index (χ1v) is 8.65. The summed E-state index contributed by atoms with van der Waals surface area (Å²) in [6.45, 7) is 5.19. The third kappa shape index (κ3) is 3.75. The molecule has 1 unspecified atom stereocenters. The lowest BCUT2D eigenvalue weighted by atomic mass is 10.1. The van der Waals surface area contributed by atoms with Crippen molar-refractivity contribution in [2.45, 2.75) is 31.6 Å². The van der Waals surface area contributed by atoms with Gasteiger partial charge in [0.2, 0.25) is 10.0 Å². The minimum Gasteiger partial charge on any atom is -0.497 e. The maximum Gasteiger partial charge on any atom is 0.240 e. The summed E-state index contributed by atoms with van der Waals surface area (Å²) in [5.74, 6) is 1.06. The van der Waals surface area contributed by atoms with Crippen LogP contribution in [0.2, 0.25) is 0 Å². The molecule has 0 aromatic heterocycles. The second kappa shape index (κ2) is 5.94. The fraction of sp³-hybridized carbons (Fsp3) is 0.600. The van der Waals surface area contributed by atoms with E-state index >= 15 is 0 Å². The summed E-state index contributed by atoms with van der Waals surface area (Å²) < 4.78 is 32.8. The quantitative estimate of drug-likeness (QED) is 0.800. The molecule has 1 aromatic carbocycles. The highest BCUT2D eigenvalue weighted by Crippen LogP contribution is 2.51. The predicted molar refractivity (Wildman–Crippen MR) is 82.8 cm³/mol. The Hall–Kier alpha value is -1.11. The first kappa shape index (κ1) is 16.3. The van der Waals surface area contributed by atoms with Crippen LogP contribution in [0.15, 0.2) is 23.1 Å². The fourth-order valence-electron chi connectivity index (χ4n) is 2.51. The van der Waals surface area contributed by atoms with Crippen molar-refractivity contribution in [1.82, 2.24) is 4.72 Å². The minimum absolute atomic E-state index is 0.252. The number of nitrogens with one attached hydrogen (secondary N) is 1. The van der Waals surface area contributed by atoms with Gasteiger partial charge in [-0.2, -0.15) is 0 Å². The van der Waals surface area contributed by atoms with Crippen LogP contribution >= 0.6 is 0 Å². The van der Waals surface area contributed by atoms with E-state index in [2.05, 4.69) is 18.6 Å². The highest BCUT2D eigenvalue weighted by atomic mass is 32.2. The molecule has 0 bridgehead atoms. The number of methoxy groups -OCH3 is 1. The van der Waals surface area contributed by atoms with Crippen LogP contribution in [0.1, 0.15) is 25.8 Å². The van der Waals surface area contributed by atoms with Crippen LogP contribution in [-0.2, 0) is 16.4 Å². The molecular formula is C15H24N2O3S. The molecule has 1 aliphatic carbocycles. The summed E-state index contributed by atoms with van der Waals surface area (Å²) in [5, 5.41) is 0. The lowest BCUT2D eigenvalue weighted by Crippen LogP contribution is -2.28. The lowest BCUT2D eigenvalue weighted by Gasteiger charge is -2.13. The van der Waals surface area contributed by atoms with Crippen LogP contribution in [0.25, 0.3) is 0 Å². The maximum atomic E-state index is 12.5. The highest BCUT2D eigenvalue weighted by molar-refractivity contribution is 7.89. The SMILES string of the molecule is COc1ccc(S(=O)(=O)NCC2CC2(C)C)c(CCN)c1. The largest absolute Gasteiger partial charge is 0.497 e. The van der Waals surface area contributed by atoms with E-state index < -0.39 is 10.0 Å². The van der Waals surface area contributed by atoms with Crippen LogP contribution in [-0.4, -0.2) is 28.6 Å². The van der Waals surface area contributed by atoms with Gasteiger partial charge in [0.05, 0.1) is 12.0 Å². The number of hydrogen-bond donors (Lipinski definition) is 2. The zero-order chi connectivity index (χ0) is 15.7. The zero-order valence-electron chi connectivity index (χ0n) is 12.8. The average Bonchev–Trinajstić information content (AvgIpc) is 3.04. The molecule has 0 spiro atoms. The van der Waals surface area contributed by atoms with E-state index in [9.17, 15) is 8.42 Å². The molecule has 1 aromatic rings. The van der Waals surface area contributed by atoms with Gasteiger partial charge in [0.15, 0.2) is 0 Å². The molecule has 118 valence electrons. The normalized spacial score (nSPS) is 20.3. The molecule has 6 heteroatoms. The fourth-order valence-corrected chi connectivity index (χ4v) is 3.84. The van der Waals surface area contributed by atoms with Gasteiger partial charge >= 0.3 is 0 Å². The van der Waals surface area contributed by atoms with Crippen molar-refractivity contribution < 1.29 is 13.2 Å². The van der Waals surface area contributed by atoms with Crippen LogP contribution in [0.5, 0.6) is 5.75 Å². The molecule has 21 heavy (non-hydrogen) atoms. The molecular weight excluding hydrogens is 288 g/mol. The Morgan fingerprint density at radius 1 is 1.43 bits per heavy atom. The smallest absolute Gasteiger partial charge is 0.240 e. The van der Waals surface area contributed by atoms with Gasteiger partial charge < -0.3 is 10.5 Å². The number of sulfonamides is 1. The molecule has 1 aliphatic rings. The monoisotopic (exact) mass is 312 g/mol. The number of hydrogen-bond acceptors (Lipinski definition) is 4. The molecule has 0 amide bonds. The second-order valence-electron chi connectivity index (χ2n) is 6.25. The Labute approximate surface area is 126 Å². The van der Waals surface area contributed by atoms with Crippen LogP contribution in [0, 0.1) is 11.3 Å². The molecule has 1 saturated carbocycles. The topological polar surface area (TPSA) is 81.4 Å². The third-order valence-electron chi connectivity index (χ3n) is 4.21. The van der Waals surface area contributed by atoms with Gasteiger partial charge in [-0.25, -0.2) is 13.1 Å². The van der Waals surface area contributed by atoms with E-state index in [-0.39, 0.29) is 5.41 Å². The van der Waals surface area contributed by atoms with Crippen molar-refractivity contribution >= 4 is 10.0 Å². The van der Waals surface area contributed by atoms with E-state index in [1.165, 1.54) is 0 Å². The summed E-state index contributed by atoms with van der Waals surface area (Å²) in [4.78, 5) is 0.298. The van der Waals surface area contributed by atoms with Gasteiger partial charge in [0, 0.05) is 6.54 Å². The Balaban J connectivity index is 2.18. The van der Waals surface area contributed by atoms with Gasteiger partial charge in [-0.05, 0) is 54.5 Å². The Morgan fingerprint density at radius 3 is 2.62 bits per heavy atom. The van der Waals surface area contributed by atoms with E-state index in [4.69, 9.17) is 10.5 Å². The van der Waals surface area contributed by atoms with Gasteiger partial charge in [-0.1, -0.05) is 13.8 Å². The molecule has 0 aliphatic heterocycles. The number of ether oxygens (including phenoxy) is 1. The Kier molecular flexibility index (Phi) is 4.60. The molecule has 0 heterocycles. The molecule has 0 saturated heterocycles. The average molecular weight is 312 g/mol. The Bertz CT molecular complexity index is 611. The number of benzene rings is 1. The van der Waals surface area contributed by atoms with E-state index in [0.717, 1.165) is 6.42 Å². The van der Waals surface area contributed by atoms with Crippen LogP contribution < -0.4 is 15.2 Å². The van der Waals surface area contributed by atoms with Crippen molar-refractivity contribution in [2.24, 2.45) is 17.1 Å². The van der Waals surface area contributed by atoms with Gasteiger partial charge in [-0.15, -0.1) is 0 Å². The molecule has 1 atom stereocenters. The first-order valence-electron chi connectivity index (χ1n) is 7.17. The van der Waals surface area contributed by atoms with Gasteiger partial charge in [0.1, 0.15) is 5.75 Å². The van der Waals surface area contributed by atoms with Crippen molar-refractivity contribution in [1.29, 1.82) is 0 Å². The minimum atomic E-state index is -3.50. The molecule has 0 radical (unpaired) electrons. The summed E-state index contributed by atoms with van der Waals surface area (Å²) in [5.41, 5.74) is 6.52. The molecule has 5 nitrogen and oxygen atoms in total. The predicted octanol–water partition coefficient (Wildman–Crippen LogP) is 1.52. The second-order valence-corrected chi connectivity index (χ2v) is 7.99. The Morgan fingerprint density at radius 2 is 2.10 bits per heavy atom. The third-order valence-corrected chi connectivity index (χ3v) is 5.73. The van der Waals surface area contributed by atoms with E-state index in [1.54, 1.807) is 25.3 Å². The van der Waals surface area contributed by atoms with Gasteiger partial charge in [0.25, 0.3) is 0 Å². The number of rotatable bonds is 7. The van der Waals surface area contributed by atoms with E-state index in [0.29, 0.717) is 41.6 Å². The van der Waals surface area contributed by atoms with E-state index in [1.807, 2.05) is 0 Å². The standard InChI is InChI=1S/C15H24N2O3S/c1-15(2)9-12(15)10-17-21(18,19)14-5-4-13(20-3)8-11(14)6-7-16/h4-5,8,12,17H,6-7,9-10,16H2,1-3H3. The van der Waals surface area contributed by atoms with Gasteiger partial charge in [-0.3, -0.25) is 0 Å². The highest BCUT2D eigenvalue weighted by Gasteiger charge is 2.45.